The van der Waals surface area contributed by atoms with E-state index in [1.165, 1.54) is 12.1 Å². The number of nitrogens with two attached hydrogens (primary N) is 1. The molecule has 1 atom stereocenters. The predicted molar refractivity (Wildman–Crippen MR) is 85.9 cm³/mol. The third kappa shape index (κ3) is 3.67. The van der Waals surface area contributed by atoms with Crippen molar-refractivity contribution in [1.29, 1.82) is 0 Å². The number of hydrogen-bond acceptors (Lipinski definition) is 4. The average molecular weight is 343 g/mol. The van der Waals surface area contributed by atoms with Crippen molar-refractivity contribution >= 4 is 21.6 Å². The highest BCUT2D eigenvalue weighted by atomic mass is 35.5. The van der Waals surface area contributed by atoms with Gasteiger partial charge in [-0.25, -0.2) is 18.5 Å². The Bertz CT molecular complexity index is 756. The fourth-order valence-corrected chi connectivity index (χ4v) is 2.78. The minimum absolute atomic E-state index is 0.0880. The fourth-order valence-electron chi connectivity index (χ4n) is 2.12. The minimum atomic E-state index is -3.66. The molecule has 22 heavy (non-hydrogen) atoms. The first-order chi connectivity index (χ1) is 10.2. The molecule has 1 aromatic heterocycles. The van der Waals surface area contributed by atoms with Crippen LogP contribution in [-0.4, -0.2) is 29.9 Å². The van der Waals surface area contributed by atoms with Crippen molar-refractivity contribution in [2.24, 2.45) is 12.2 Å². The molecule has 2 rings (SSSR count). The molecule has 2 aromatic rings. The van der Waals surface area contributed by atoms with Gasteiger partial charge in [0.05, 0.1) is 17.6 Å². The maximum absolute atomic E-state index is 11.3. The zero-order chi connectivity index (χ0) is 16.5. The maximum atomic E-state index is 11.3. The van der Waals surface area contributed by atoms with E-state index < -0.39 is 10.0 Å². The summed E-state index contributed by atoms with van der Waals surface area (Å²) in [7, 11) is 0.180. The van der Waals surface area contributed by atoms with Crippen molar-refractivity contribution in [3.8, 4) is 0 Å². The highest BCUT2D eigenvalue weighted by Crippen LogP contribution is 2.22. The van der Waals surface area contributed by atoms with E-state index in [9.17, 15) is 8.42 Å². The number of sulfonamides is 1. The van der Waals surface area contributed by atoms with Gasteiger partial charge in [-0.15, -0.1) is 0 Å². The van der Waals surface area contributed by atoms with E-state index in [4.69, 9.17) is 16.7 Å². The molecule has 1 heterocycles. The van der Waals surface area contributed by atoms with Gasteiger partial charge in [-0.05, 0) is 31.7 Å². The van der Waals surface area contributed by atoms with Gasteiger partial charge in [0.1, 0.15) is 11.0 Å². The lowest BCUT2D eigenvalue weighted by Crippen LogP contribution is -2.23. The third-order valence-electron chi connectivity index (χ3n) is 3.77. The highest BCUT2D eigenvalue weighted by molar-refractivity contribution is 7.89. The number of benzene rings is 1. The first-order valence-corrected chi connectivity index (χ1v) is 8.61. The Morgan fingerprint density at radius 3 is 2.41 bits per heavy atom. The van der Waals surface area contributed by atoms with Crippen LogP contribution in [0.15, 0.2) is 35.4 Å². The molecule has 0 aliphatic rings. The van der Waals surface area contributed by atoms with Crippen LogP contribution in [0.3, 0.4) is 0 Å². The van der Waals surface area contributed by atoms with Crippen LogP contribution in [0.2, 0.25) is 5.15 Å². The molecule has 8 heteroatoms. The number of hydrogen-bond donors (Lipinski definition) is 1. The molecule has 0 spiro atoms. The summed E-state index contributed by atoms with van der Waals surface area (Å²) in [5.41, 5.74) is 0.996. The summed E-state index contributed by atoms with van der Waals surface area (Å²) in [4.78, 5) is 6.49. The molecule has 0 unspecified atom stereocenters. The number of imidazole rings is 1. The summed E-state index contributed by atoms with van der Waals surface area (Å²) in [5.74, 6) is 0.862. The number of primary sulfonamides is 1. The standard InChI is InChI=1S/C14H19ClN4O2S/c1-10(11-4-6-12(7-5-11)22(16,20)21)18(2)9-14-17-8-13(15)19(14)3/h4-8,10H,9H2,1-3H3,(H2,16,20,21)/t10-/m0/s1. The Hall–Kier alpha value is -1.41. The number of nitrogens with zero attached hydrogens (tertiary/aromatic N) is 3. The Balaban J connectivity index is 2.13. The van der Waals surface area contributed by atoms with Gasteiger partial charge in [-0.3, -0.25) is 4.90 Å². The molecule has 6 nitrogen and oxygen atoms in total. The molecule has 1 aromatic carbocycles. The van der Waals surface area contributed by atoms with Crippen LogP contribution in [0.4, 0.5) is 0 Å². The second-order valence-corrected chi connectivity index (χ2v) is 7.21. The lowest BCUT2D eigenvalue weighted by atomic mass is 10.1. The SMILES string of the molecule is C[C@@H](c1ccc(S(N)(=O)=O)cc1)N(C)Cc1ncc(Cl)n1C. The van der Waals surface area contributed by atoms with E-state index in [0.29, 0.717) is 11.7 Å². The molecule has 0 radical (unpaired) electrons. The van der Waals surface area contributed by atoms with Crippen molar-refractivity contribution in [3.63, 3.8) is 0 Å². The average Bonchev–Trinajstić information content (AvgIpc) is 2.77. The van der Waals surface area contributed by atoms with Gasteiger partial charge in [0, 0.05) is 13.1 Å². The van der Waals surface area contributed by atoms with E-state index >= 15 is 0 Å². The van der Waals surface area contributed by atoms with Crippen LogP contribution >= 0.6 is 11.6 Å². The van der Waals surface area contributed by atoms with Gasteiger partial charge in [0.25, 0.3) is 0 Å². The molecule has 0 saturated heterocycles. The molecule has 0 aliphatic heterocycles. The quantitative estimate of drug-likeness (QED) is 0.900. The summed E-state index contributed by atoms with van der Waals surface area (Å²) in [6.07, 6.45) is 1.62. The van der Waals surface area contributed by atoms with Gasteiger partial charge in [-0.1, -0.05) is 23.7 Å². The van der Waals surface area contributed by atoms with E-state index in [1.807, 2.05) is 25.6 Å². The third-order valence-corrected chi connectivity index (χ3v) is 5.05. The Kier molecular flexibility index (Phi) is 4.91. The second kappa shape index (κ2) is 6.37. The summed E-state index contributed by atoms with van der Waals surface area (Å²) >= 11 is 5.98. The minimum Gasteiger partial charge on any atom is -0.321 e. The monoisotopic (exact) mass is 342 g/mol. The van der Waals surface area contributed by atoms with Crippen LogP contribution in [0.1, 0.15) is 24.4 Å². The van der Waals surface area contributed by atoms with E-state index in [-0.39, 0.29) is 10.9 Å². The largest absolute Gasteiger partial charge is 0.321 e. The van der Waals surface area contributed by atoms with Gasteiger partial charge < -0.3 is 4.57 Å². The number of halogens is 1. The lowest BCUT2D eigenvalue weighted by Gasteiger charge is -2.25. The molecule has 0 aliphatic carbocycles. The molecule has 120 valence electrons. The lowest BCUT2D eigenvalue weighted by molar-refractivity contribution is 0.244. The van der Waals surface area contributed by atoms with Crippen LogP contribution < -0.4 is 5.14 Å². The van der Waals surface area contributed by atoms with E-state index in [2.05, 4.69) is 9.88 Å². The van der Waals surface area contributed by atoms with E-state index in [0.717, 1.165) is 11.4 Å². The van der Waals surface area contributed by atoms with Crippen LogP contribution in [-0.2, 0) is 23.6 Å². The van der Waals surface area contributed by atoms with Gasteiger partial charge in [-0.2, -0.15) is 0 Å². The van der Waals surface area contributed by atoms with Gasteiger partial charge >= 0.3 is 0 Å². The molecule has 2 N–H and O–H groups in total. The first-order valence-electron chi connectivity index (χ1n) is 6.69. The summed E-state index contributed by atoms with van der Waals surface area (Å²) < 4.78 is 24.4. The zero-order valence-electron chi connectivity index (χ0n) is 12.7. The number of rotatable bonds is 5. The Morgan fingerprint density at radius 2 is 1.95 bits per heavy atom. The normalized spacial score (nSPS) is 13.5. The van der Waals surface area contributed by atoms with Crippen molar-refractivity contribution < 1.29 is 8.42 Å². The fraction of sp³-hybridized carbons (Fsp3) is 0.357. The predicted octanol–water partition coefficient (Wildman–Crippen LogP) is 1.91. The van der Waals surface area contributed by atoms with Gasteiger partial charge in [0.2, 0.25) is 10.0 Å². The molecular weight excluding hydrogens is 324 g/mol. The zero-order valence-corrected chi connectivity index (χ0v) is 14.3. The van der Waals surface area contributed by atoms with Crippen LogP contribution in [0, 0.1) is 0 Å². The van der Waals surface area contributed by atoms with Gasteiger partial charge in [0.15, 0.2) is 0 Å². The summed E-state index contributed by atoms with van der Waals surface area (Å²) in [6.45, 7) is 2.66. The molecule has 0 saturated carbocycles. The van der Waals surface area contributed by atoms with Crippen molar-refractivity contribution in [2.75, 3.05) is 7.05 Å². The van der Waals surface area contributed by atoms with Crippen molar-refractivity contribution in [3.05, 3.63) is 47.0 Å². The Morgan fingerprint density at radius 1 is 1.36 bits per heavy atom. The number of aromatic nitrogens is 2. The van der Waals surface area contributed by atoms with Crippen molar-refractivity contribution in [1.82, 2.24) is 14.5 Å². The van der Waals surface area contributed by atoms with Crippen LogP contribution in [0.25, 0.3) is 0 Å². The summed E-state index contributed by atoms with van der Waals surface area (Å²) in [5, 5.41) is 5.69. The van der Waals surface area contributed by atoms with Crippen LogP contribution in [0.5, 0.6) is 0 Å². The topological polar surface area (TPSA) is 81.2 Å². The molecule has 0 bridgehead atoms. The molecule has 0 fully saturated rings. The Labute approximate surface area is 135 Å². The van der Waals surface area contributed by atoms with E-state index in [1.54, 1.807) is 18.3 Å². The highest BCUT2D eigenvalue weighted by Gasteiger charge is 2.16. The smallest absolute Gasteiger partial charge is 0.238 e. The second-order valence-electron chi connectivity index (χ2n) is 5.26. The summed E-state index contributed by atoms with van der Waals surface area (Å²) in [6, 6.07) is 6.67. The molecule has 0 amide bonds. The molecular formula is C14H19ClN4O2S. The first kappa shape index (κ1) is 17.0. The maximum Gasteiger partial charge on any atom is 0.238 e. The van der Waals surface area contributed by atoms with Crippen molar-refractivity contribution in [2.45, 2.75) is 24.4 Å².